The molecule has 2 heterocycles. The summed E-state index contributed by atoms with van der Waals surface area (Å²) in [5, 5.41) is 4.06. The Morgan fingerprint density at radius 2 is 2.21 bits per heavy atom. The number of para-hydroxylation sites is 1. The number of hydrogen-bond donors (Lipinski definition) is 1. The largest absolute Gasteiger partial charge is 0.492 e. The molecule has 6 heteroatoms. The van der Waals surface area contributed by atoms with Crippen molar-refractivity contribution in [3.63, 3.8) is 0 Å². The van der Waals surface area contributed by atoms with Gasteiger partial charge in [0.1, 0.15) is 17.6 Å². The molecule has 0 radical (unpaired) electrons. The molecule has 0 spiro atoms. The fraction of sp³-hybridized carbons (Fsp3) is 0.364. The average Bonchev–Trinajstić information content (AvgIpc) is 3.23. The first-order valence-electron chi connectivity index (χ1n) is 9.73. The number of fused-ring (bicyclic) bond motifs is 2. The molecule has 3 aromatic rings. The van der Waals surface area contributed by atoms with Gasteiger partial charge in [0.2, 0.25) is 5.91 Å². The minimum Gasteiger partial charge on any atom is -0.492 e. The van der Waals surface area contributed by atoms with Gasteiger partial charge >= 0.3 is 0 Å². The van der Waals surface area contributed by atoms with Crippen molar-refractivity contribution in [2.24, 2.45) is 0 Å². The molecule has 5 nitrogen and oxygen atoms in total. The summed E-state index contributed by atoms with van der Waals surface area (Å²) in [7, 11) is 0. The zero-order valence-electron chi connectivity index (χ0n) is 16.2. The van der Waals surface area contributed by atoms with Gasteiger partial charge in [-0.1, -0.05) is 12.1 Å². The lowest BCUT2D eigenvalue weighted by Gasteiger charge is -2.13. The Balaban J connectivity index is 1.37. The fourth-order valence-corrected chi connectivity index (χ4v) is 4.46. The van der Waals surface area contributed by atoms with E-state index in [2.05, 4.69) is 16.4 Å². The Labute approximate surface area is 168 Å². The molecule has 1 aromatic heterocycles. The summed E-state index contributed by atoms with van der Waals surface area (Å²) in [4.78, 5) is 17.1. The number of amides is 1. The number of aryl methyl sites for hydroxylation is 1. The van der Waals surface area contributed by atoms with Crippen LogP contribution in [0.5, 0.6) is 11.5 Å². The van der Waals surface area contributed by atoms with Gasteiger partial charge in [-0.3, -0.25) is 4.79 Å². The van der Waals surface area contributed by atoms with Crippen molar-refractivity contribution in [1.29, 1.82) is 0 Å². The second-order valence-corrected chi connectivity index (χ2v) is 8.11. The van der Waals surface area contributed by atoms with E-state index >= 15 is 0 Å². The minimum absolute atomic E-state index is 0.0203. The smallest absolute Gasteiger partial charge is 0.224 e. The van der Waals surface area contributed by atoms with E-state index in [4.69, 9.17) is 9.47 Å². The number of ether oxygens (including phenoxy) is 2. The SMILES string of the molecule is CCOc1cc2c(cc1NC(=O)CCCc1nc3ccccc3s1)OC(C)C2. The second kappa shape index (κ2) is 8.19. The van der Waals surface area contributed by atoms with Crippen molar-refractivity contribution in [3.8, 4) is 11.5 Å². The van der Waals surface area contributed by atoms with E-state index in [1.54, 1.807) is 11.3 Å². The average molecular weight is 397 g/mol. The Kier molecular flexibility index (Phi) is 5.48. The standard InChI is InChI=1S/C22H24N2O3S/c1-3-26-19-12-15-11-14(2)27-18(15)13-17(19)23-21(25)9-6-10-22-24-16-7-4-5-8-20(16)28-22/h4-5,7-8,12-14H,3,6,9-11H2,1-2H3,(H,23,25). The molecule has 4 rings (SSSR count). The lowest BCUT2D eigenvalue weighted by molar-refractivity contribution is -0.116. The van der Waals surface area contributed by atoms with Crippen LogP contribution in [0.2, 0.25) is 0 Å². The highest BCUT2D eigenvalue weighted by Crippen LogP contribution is 2.38. The molecule has 0 fully saturated rings. The van der Waals surface area contributed by atoms with E-state index in [1.807, 2.05) is 44.2 Å². The minimum atomic E-state index is -0.0203. The number of thiazole rings is 1. The summed E-state index contributed by atoms with van der Waals surface area (Å²) in [6.07, 6.45) is 3.02. The van der Waals surface area contributed by atoms with Gasteiger partial charge in [0.25, 0.3) is 0 Å². The predicted octanol–water partition coefficient (Wildman–Crippen LogP) is 4.98. The maximum absolute atomic E-state index is 12.5. The van der Waals surface area contributed by atoms with Crippen LogP contribution in [0.1, 0.15) is 37.3 Å². The third-order valence-corrected chi connectivity index (χ3v) is 5.80. The fourth-order valence-electron chi connectivity index (χ4n) is 3.45. The van der Waals surface area contributed by atoms with E-state index in [0.717, 1.165) is 41.1 Å². The van der Waals surface area contributed by atoms with Crippen LogP contribution in [0.15, 0.2) is 36.4 Å². The highest BCUT2D eigenvalue weighted by molar-refractivity contribution is 7.18. The van der Waals surface area contributed by atoms with Crippen LogP contribution in [0, 0.1) is 0 Å². The second-order valence-electron chi connectivity index (χ2n) is 7.00. The van der Waals surface area contributed by atoms with Crippen LogP contribution in [0.4, 0.5) is 5.69 Å². The molecule has 0 saturated carbocycles. The highest BCUT2D eigenvalue weighted by Gasteiger charge is 2.22. The number of carbonyl (C=O) groups is 1. The molecule has 146 valence electrons. The molecule has 2 aromatic carbocycles. The Bertz CT molecular complexity index is 966. The molecule has 1 atom stereocenters. The van der Waals surface area contributed by atoms with Crippen molar-refractivity contribution >= 4 is 33.1 Å². The molecular weight excluding hydrogens is 372 g/mol. The maximum atomic E-state index is 12.5. The Morgan fingerprint density at radius 1 is 1.36 bits per heavy atom. The number of nitrogens with one attached hydrogen (secondary N) is 1. The Morgan fingerprint density at radius 3 is 3.04 bits per heavy atom. The quantitative estimate of drug-likeness (QED) is 0.612. The van der Waals surface area contributed by atoms with Crippen LogP contribution in [0.3, 0.4) is 0 Å². The van der Waals surface area contributed by atoms with E-state index in [1.165, 1.54) is 4.70 Å². The first kappa shape index (κ1) is 18.7. The Hall–Kier alpha value is -2.60. The number of carbonyl (C=O) groups excluding carboxylic acids is 1. The van der Waals surface area contributed by atoms with E-state index in [9.17, 15) is 4.79 Å². The van der Waals surface area contributed by atoms with E-state index in [0.29, 0.717) is 24.5 Å². The monoisotopic (exact) mass is 396 g/mol. The van der Waals surface area contributed by atoms with Gasteiger partial charge in [0.05, 0.1) is 27.5 Å². The van der Waals surface area contributed by atoms with Gasteiger partial charge in [-0.2, -0.15) is 0 Å². The molecule has 1 unspecified atom stereocenters. The molecule has 1 aliphatic rings. The molecular formula is C22H24N2O3S. The number of anilines is 1. The van der Waals surface area contributed by atoms with Gasteiger partial charge in [0.15, 0.2) is 0 Å². The van der Waals surface area contributed by atoms with Crippen molar-refractivity contribution in [3.05, 3.63) is 47.0 Å². The third-order valence-electron chi connectivity index (χ3n) is 4.70. The molecule has 1 amide bonds. The summed E-state index contributed by atoms with van der Waals surface area (Å²) in [5.74, 6) is 1.52. The zero-order chi connectivity index (χ0) is 19.5. The predicted molar refractivity (Wildman–Crippen MR) is 113 cm³/mol. The summed E-state index contributed by atoms with van der Waals surface area (Å²) < 4.78 is 12.7. The summed E-state index contributed by atoms with van der Waals surface area (Å²) in [6, 6.07) is 12.0. The molecule has 0 aliphatic carbocycles. The van der Waals surface area contributed by atoms with Crippen LogP contribution in [0.25, 0.3) is 10.2 Å². The third kappa shape index (κ3) is 4.12. The van der Waals surface area contributed by atoms with Crippen molar-refractivity contribution in [1.82, 2.24) is 4.98 Å². The summed E-state index contributed by atoms with van der Waals surface area (Å²) >= 11 is 1.70. The van der Waals surface area contributed by atoms with Gasteiger partial charge in [-0.15, -0.1) is 11.3 Å². The maximum Gasteiger partial charge on any atom is 0.224 e. The normalized spacial score (nSPS) is 15.3. The van der Waals surface area contributed by atoms with E-state index < -0.39 is 0 Å². The molecule has 0 saturated heterocycles. The van der Waals surface area contributed by atoms with Crippen LogP contribution < -0.4 is 14.8 Å². The van der Waals surface area contributed by atoms with Crippen molar-refractivity contribution < 1.29 is 14.3 Å². The first-order valence-corrected chi connectivity index (χ1v) is 10.5. The number of hydrogen-bond acceptors (Lipinski definition) is 5. The summed E-state index contributed by atoms with van der Waals surface area (Å²) in [6.45, 7) is 4.53. The number of benzene rings is 2. The molecule has 0 bridgehead atoms. The lowest BCUT2D eigenvalue weighted by atomic mass is 10.1. The van der Waals surface area contributed by atoms with Gasteiger partial charge in [-0.25, -0.2) is 4.98 Å². The molecule has 1 aliphatic heterocycles. The summed E-state index contributed by atoms with van der Waals surface area (Å²) in [5.41, 5.74) is 2.84. The topological polar surface area (TPSA) is 60.5 Å². The van der Waals surface area contributed by atoms with Gasteiger partial charge < -0.3 is 14.8 Å². The first-order chi connectivity index (χ1) is 13.6. The number of rotatable bonds is 7. The van der Waals surface area contributed by atoms with Crippen LogP contribution >= 0.6 is 11.3 Å². The lowest BCUT2D eigenvalue weighted by Crippen LogP contribution is -2.13. The van der Waals surface area contributed by atoms with E-state index in [-0.39, 0.29) is 12.0 Å². The van der Waals surface area contributed by atoms with Crippen molar-refractivity contribution in [2.45, 2.75) is 45.6 Å². The van der Waals surface area contributed by atoms with Crippen LogP contribution in [-0.4, -0.2) is 23.6 Å². The molecule has 28 heavy (non-hydrogen) atoms. The van der Waals surface area contributed by atoms with Crippen molar-refractivity contribution in [2.75, 3.05) is 11.9 Å². The highest BCUT2D eigenvalue weighted by atomic mass is 32.1. The molecule has 1 N–H and O–H groups in total. The van der Waals surface area contributed by atoms with Gasteiger partial charge in [0, 0.05) is 24.5 Å². The number of aromatic nitrogens is 1. The number of nitrogens with zero attached hydrogens (tertiary/aromatic N) is 1. The van der Waals surface area contributed by atoms with Crippen LogP contribution in [-0.2, 0) is 17.6 Å². The van der Waals surface area contributed by atoms with Gasteiger partial charge in [-0.05, 0) is 44.9 Å². The zero-order valence-corrected chi connectivity index (χ0v) is 17.0.